The van der Waals surface area contributed by atoms with E-state index in [0.717, 1.165) is 22.6 Å². The first kappa shape index (κ1) is 11.3. The standard InChI is InChI=1S/C12H15NO2/c1-6-10(11(7-2)14-5)12-8(3)13-15-9(12)4/h6-7H,1-2H2,3-5H3. The molecule has 1 aromatic heterocycles. The summed E-state index contributed by atoms with van der Waals surface area (Å²) in [5.41, 5.74) is 2.59. The molecule has 0 amide bonds. The largest absolute Gasteiger partial charge is 0.496 e. The van der Waals surface area contributed by atoms with Crippen molar-refractivity contribution in [1.82, 2.24) is 5.16 Å². The molecule has 1 rings (SSSR count). The Morgan fingerprint density at radius 1 is 1.33 bits per heavy atom. The number of nitrogens with zero attached hydrogens (tertiary/aromatic N) is 1. The molecule has 0 fully saturated rings. The van der Waals surface area contributed by atoms with Gasteiger partial charge in [0.25, 0.3) is 0 Å². The van der Waals surface area contributed by atoms with Crippen LogP contribution in [-0.4, -0.2) is 12.3 Å². The molecule has 0 radical (unpaired) electrons. The minimum atomic E-state index is 0.666. The molecule has 0 spiro atoms. The van der Waals surface area contributed by atoms with Crippen molar-refractivity contribution >= 4 is 5.57 Å². The van der Waals surface area contributed by atoms with Gasteiger partial charge in [0.2, 0.25) is 0 Å². The van der Waals surface area contributed by atoms with Crippen molar-refractivity contribution in [3.63, 3.8) is 0 Å². The molecule has 0 bridgehead atoms. The van der Waals surface area contributed by atoms with E-state index in [1.54, 1.807) is 19.3 Å². The van der Waals surface area contributed by atoms with Crippen molar-refractivity contribution in [2.75, 3.05) is 7.11 Å². The van der Waals surface area contributed by atoms with Crippen LogP contribution < -0.4 is 0 Å². The Balaban J connectivity index is 3.42. The lowest BCUT2D eigenvalue weighted by atomic mass is 10.0. The molecule has 1 aromatic rings. The number of ether oxygens (including phenoxy) is 1. The van der Waals surface area contributed by atoms with E-state index in [1.807, 2.05) is 13.8 Å². The van der Waals surface area contributed by atoms with Crippen molar-refractivity contribution in [2.24, 2.45) is 0 Å². The van der Waals surface area contributed by atoms with Gasteiger partial charge in [0.05, 0.1) is 18.4 Å². The number of methoxy groups -OCH3 is 1. The number of allylic oxidation sites excluding steroid dienone is 3. The number of aromatic nitrogens is 1. The molecule has 0 aliphatic carbocycles. The summed E-state index contributed by atoms with van der Waals surface area (Å²) in [7, 11) is 1.60. The fraction of sp³-hybridized carbons (Fsp3) is 0.250. The molecule has 15 heavy (non-hydrogen) atoms. The normalized spacial score (nSPS) is 11.9. The highest BCUT2D eigenvalue weighted by atomic mass is 16.5. The van der Waals surface area contributed by atoms with Crippen molar-refractivity contribution < 1.29 is 9.26 Å². The van der Waals surface area contributed by atoms with Gasteiger partial charge in [0, 0.05) is 5.57 Å². The van der Waals surface area contributed by atoms with Gasteiger partial charge >= 0.3 is 0 Å². The SMILES string of the molecule is C=CC(OC)=C(C=C)c1c(C)noc1C. The molecule has 0 aliphatic heterocycles. The van der Waals surface area contributed by atoms with Gasteiger partial charge in [-0.05, 0) is 19.9 Å². The number of hydrogen-bond donors (Lipinski definition) is 0. The van der Waals surface area contributed by atoms with Crippen LogP contribution in [0.1, 0.15) is 17.0 Å². The van der Waals surface area contributed by atoms with Crippen molar-refractivity contribution in [3.05, 3.63) is 48.1 Å². The lowest BCUT2D eigenvalue weighted by Gasteiger charge is -2.07. The first-order valence-corrected chi connectivity index (χ1v) is 4.62. The van der Waals surface area contributed by atoms with Crippen LogP contribution in [-0.2, 0) is 4.74 Å². The Hall–Kier alpha value is -1.77. The lowest BCUT2D eigenvalue weighted by molar-refractivity contribution is 0.309. The predicted octanol–water partition coefficient (Wildman–Crippen LogP) is 3.02. The van der Waals surface area contributed by atoms with Gasteiger partial charge in [-0.3, -0.25) is 0 Å². The summed E-state index contributed by atoms with van der Waals surface area (Å²) < 4.78 is 10.3. The van der Waals surface area contributed by atoms with Crippen LogP contribution in [0, 0.1) is 13.8 Å². The summed E-state index contributed by atoms with van der Waals surface area (Å²) in [6, 6.07) is 0. The molecule has 0 saturated carbocycles. The van der Waals surface area contributed by atoms with Crippen LogP contribution in [0.4, 0.5) is 0 Å². The molecule has 80 valence electrons. The molecule has 0 aliphatic rings. The summed E-state index contributed by atoms with van der Waals surface area (Å²) in [4.78, 5) is 0. The zero-order valence-corrected chi connectivity index (χ0v) is 9.33. The summed E-state index contributed by atoms with van der Waals surface area (Å²) in [5, 5.41) is 3.89. The molecule has 3 heteroatoms. The van der Waals surface area contributed by atoms with Gasteiger partial charge in [0.15, 0.2) is 0 Å². The van der Waals surface area contributed by atoms with E-state index >= 15 is 0 Å². The van der Waals surface area contributed by atoms with E-state index < -0.39 is 0 Å². The van der Waals surface area contributed by atoms with Crippen LogP contribution in [0.5, 0.6) is 0 Å². The summed E-state index contributed by atoms with van der Waals surface area (Å²) in [5.74, 6) is 1.42. The molecular weight excluding hydrogens is 190 g/mol. The van der Waals surface area contributed by atoms with E-state index in [2.05, 4.69) is 18.3 Å². The average Bonchev–Trinajstić information content (AvgIpc) is 2.56. The van der Waals surface area contributed by atoms with E-state index in [0.29, 0.717) is 5.76 Å². The van der Waals surface area contributed by atoms with Crippen LogP contribution in [0.25, 0.3) is 5.57 Å². The van der Waals surface area contributed by atoms with E-state index in [4.69, 9.17) is 9.26 Å². The Morgan fingerprint density at radius 3 is 2.33 bits per heavy atom. The molecule has 3 nitrogen and oxygen atoms in total. The Bertz CT molecular complexity index is 394. The molecular formula is C12H15NO2. The smallest absolute Gasteiger partial charge is 0.141 e. The minimum absolute atomic E-state index is 0.666. The third-order valence-electron chi connectivity index (χ3n) is 2.18. The summed E-state index contributed by atoms with van der Waals surface area (Å²) in [6.45, 7) is 11.2. The minimum Gasteiger partial charge on any atom is -0.496 e. The van der Waals surface area contributed by atoms with Crippen molar-refractivity contribution in [3.8, 4) is 0 Å². The summed E-state index contributed by atoms with van der Waals surface area (Å²) >= 11 is 0. The maximum atomic E-state index is 5.21. The fourth-order valence-corrected chi connectivity index (χ4v) is 1.50. The summed E-state index contributed by atoms with van der Waals surface area (Å²) in [6.07, 6.45) is 3.36. The second-order valence-corrected chi connectivity index (χ2v) is 3.09. The Kier molecular flexibility index (Phi) is 3.50. The highest BCUT2D eigenvalue weighted by Crippen LogP contribution is 2.26. The van der Waals surface area contributed by atoms with Gasteiger partial charge < -0.3 is 9.26 Å². The highest BCUT2D eigenvalue weighted by molar-refractivity contribution is 5.78. The first-order valence-electron chi connectivity index (χ1n) is 4.62. The van der Waals surface area contributed by atoms with Crippen molar-refractivity contribution in [1.29, 1.82) is 0 Å². The van der Waals surface area contributed by atoms with Gasteiger partial charge in [-0.1, -0.05) is 24.4 Å². The van der Waals surface area contributed by atoms with Gasteiger partial charge in [-0.2, -0.15) is 0 Å². The van der Waals surface area contributed by atoms with Crippen LogP contribution in [0.2, 0.25) is 0 Å². The van der Waals surface area contributed by atoms with Gasteiger partial charge in [0.1, 0.15) is 11.5 Å². The second-order valence-electron chi connectivity index (χ2n) is 3.09. The average molecular weight is 205 g/mol. The fourth-order valence-electron chi connectivity index (χ4n) is 1.50. The monoisotopic (exact) mass is 205 g/mol. The molecule has 0 aromatic carbocycles. The zero-order chi connectivity index (χ0) is 11.4. The molecule has 0 saturated heterocycles. The Morgan fingerprint density at radius 2 is 2.00 bits per heavy atom. The highest BCUT2D eigenvalue weighted by Gasteiger charge is 2.14. The maximum absolute atomic E-state index is 5.21. The predicted molar refractivity (Wildman–Crippen MR) is 60.3 cm³/mol. The maximum Gasteiger partial charge on any atom is 0.141 e. The zero-order valence-electron chi connectivity index (χ0n) is 9.33. The van der Waals surface area contributed by atoms with E-state index in [1.165, 1.54) is 0 Å². The quantitative estimate of drug-likeness (QED) is 0.560. The lowest BCUT2D eigenvalue weighted by Crippen LogP contribution is -1.92. The number of rotatable bonds is 4. The third kappa shape index (κ3) is 2.01. The van der Waals surface area contributed by atoms with E-state index in [-0.39, 0.29) is 0 Å². The molecule has 1 heterocycles. The first-order chi connectivity index (χ1) is 7.15. The second kappa shape index (κ2) is 4.64. The van der Waals surface area contributed by atoms with E-state index in [9.17, 15) is 0 Å². The van der Waals surface area contributed by atoms with Crippen molar-refractivity contribution in [2.45, 2.75) is 13.8 Å². The molecule has 0 atom stereocenters. The van der Waals surface area contributed by atoms with Gasteiger partial charge in [-0.15, -0.1) is 0 Å². The number of aryl methyl sites for hydroxylation is 2. The van der Waals surface area contributed by atoms with Crippen LogP contribution >= 0.6 is 0 Å². The molecule has 0 N–H and O–H groups in total. The van der Waals surface area contributed by atoms with Gasteiger partial charge in [-0.25, -0.2) is 0 Å². The Labute approximate surface area is 89.7 Å². The topological polar surface area (TPSA) is 35.3 Å². The van der Waals surface area contributed by atoms with Crippen LogP contribution in [0.15, 0.2) is 35.6 Å². The number of hydrogen-bond acceptors (Lipinski definition) is 3. The third-order valence-corrected chi connectivity index (χ3v) is 2.18. The molecule has 0 unspecified atom stereocenters. The van der Waals surface area contributed by atoms with Crippen LogP contribution in [0.3, 0.4) is 0 Å².